The highest BCUT2D eigenvalue weighted by atomic mass is 79.9. The zero-order chi connectivity index (χ0) is 6.85. The highest BCUT2D eigenvalue weighted by molar-refractivity contribution is 9.24. The highest BCUT2D eigenvalue weighted by Crippen LogP contribution is 2.10. The molecule has 0 atom stereocenters. The van der Waals surface area contributed by atoms with Gasteiger partial charge in [0.2, 0.25) is 0 Å². The first-order chi connectivity index (χ1) is 4.22. The first-order valence-electron chi connectivity index (χ1n) is 3.26. The van der Waals surface area contributed by atoms with Crippen molar-refractivity contribution in [2.75, 3.05) is 27.2 Å². The predicted octanol–water partition coefficient (Wildman–Crippen LogP) is 0.633. The molecule has 0 spiro atoms. The largest absolute Gasteiger partial charge is 0.390 e. The molecule has 0 aliphatic carbocycles. The van der Waals surface area contributed by atoms with Crippen molar-refractivity contribution in [1.29, 1.82) is 0 Å². The van der Waals surface area contributed by atoms with Crippen LogP contribution in [0.3, 0.4) is 0 Å². The Labute approximate surface area is 65.3 Å². The van der Waals surface area contributed by atoms with Crippen molar-refractivity contribution in [3.05, 3.63) is 0 Å². The molecular formula is C5H12BBrN2. The molecule has 2 nitrogen and oxygen atoms in total. The minimum atomic E-state index is 0.450. The van der Waals surface area contributed by atoms with E-state index < -0.39 is 0 Å². The first kappa shape index (κ1) is 7.57. The van der Waals surface area contributed by atoms with Crippen molar-refractivity contribution < 1.29 is 0 Å². The molecule has 0 unspecified atom stereocenters. The summed E-state index contributed by atoms with van der Waals surface area (Å²) in [7, 11) is 4.27. The van der Waals surface area contributed by atoms with Gasteiger partial charge in [-0.2, -0.15) is 0 Å². The lowest BCUT2D eigenvalue weighted by atomic mass is 10.0. The molecule has 0 saturated carbocycles. The molecule has 1 rings (SSSR count). The summed E-state index contributed by atoms with van der Waals surface area (Å²) in [4.78, 5) is 4.59. The Balaban J connectivity index is 2.41. The Kier molecular flexibility index (Phi) is 2.55. The molecule has 0 amide bonds. The van der Waals surface area contributed by atoms with E-state index in [1.54, 1.807) is 0 Å². The van der Waals surface area contributed by atoms with Gasteiger partial charge in [0.05, 0.1) is 0 Å². The van der Waals surface area contributed by atoms with Gasteiger partial charge in [-0.15, -0.1) is 15.8 Å². The zero-order valence-electron chi connectivity index (χ0n) is 5.97. The fourth-order valence-electron chi connectivity index (χ4n) is 1.12. The Morgan fingerprint density at radius 2 is 1.67 bits per heavy atom. The van der Waals surface area contributed by atoms with E-state index in [2.05, 4.69) is 39.5 Å². The van der Waals surface area contributed by atoms with Crippen LogP contribution in [0.4, 0.5) is 0 Å². The van der Waals surface area contributed by atoms with Gasteiger partial charge in [-0.3, -0.25) is 0 Å². The second-order valence-corrected chi connectivity index (χ2v) is 3.44. The third-order valence-electron chi connectivity index (χ3n) is 1.75. The number of halogens is 1. The molecule has 1 saturated heterocycles. The third kappa shape index (κ3) is 1.69. The summed E-state index contributed by atoms with van der Waals surface area (Å²) < 4.78 is 0. The Hall–Kier alpha value is 0.465. The molecule has 1 aliphatic rings. The molecule has 0 N–H and O–H groups in total. The van der Waals surface area contributed by atoms with Crippen LogP contribution in [-0.2, 0) is 0 Å². The molecule has 4 heteroatoms. The number of hydrogen-bond acceptors (Lipinski definition) is 2. The monoisotopic (exact) mass is 190 g/mol. The van der Waals surface area contributed by atoms with Crippen LogP contribution in [0.2, 0.25) is 0 Å². The summed E-state index contributed by atoms with van der Waals surface area (Å²) in [6.45, 7) is 2.42. The van der Waals surface area contributed by atoms with Gasteiger partial charge in [0.25, 0.3) is 0 Å². The maximum Gasteiger partial charge on any atom is 0.390 e. The molecule has 9 heavy (non-hydrogen) atoms. The molecule has 52 valence electrons. The summed E-state index contributed by atoms with van der Waals surface area (Å²) >= 11 is 3.57. The van der Waals surface area contributed by atoms with Gasteiger partial charge in [0.15, 0.2) is 0 Å². The van der Waals surface area contributed by atoms with Crippen LogP contribution in [0.25, 0.3) is 0 Å². The lowest BCUT2D eigenvalue weighted by molar-refractivity contribution is 0.359. The van der Waals surface area contributed by atoms with Crippen LogP contribution in [0.1, 0.15) is 6.42 Å². The van der Waals surface area contributed by atoms with Gasteiger partial charge >= 0.3 is 5.81 Å². The summed E-state index contributed by atoms with van der Waals surface area (Å²) in [5, 5.41) is 0. The summed E-state index contributed by atoms with van der Waals surface area (Å²) in [5.74, 6) is 0.450. The second kappa shape index (κ2) is 3.04. The van der Waals surface area contributed by atoms with Crippen LogP contribution in [-0.4, -0.2) is 42.6 Å². The van der Waals surface area contributed by atoms with Crippen molar-refractivity contribution in [2.24, 2.45) is 0 Å². The van der Waals surface area contributed by atoms with E-state index in [1.165, 1.54) is 19.5 Å². The lowest BCUT2D eigenvalue weighted by Gasteiger charge is -2.33. The first-order valence-corrected chi connectivity index (χ1v) is 4.18. The molecule has 0 radical (unpaired) electrons. The number of hydrogen-bond donors (Lipinski definition) is 0. The Morgan fingerprint density at radius 3 is 2.00 bits per heavy atom. The van der Waals surface area contributed by atoms with Crippen molar-refractivity contribution in [3.63, 3.8) is 0 Å². The standard InChI is InChI=1S/C5H12BBrN2/c1-8-4-3-5-9(2)6(8)7/h3-5H2,1-2H3. The average Bonchev–Trinajstić information content (AvgIpc) is 1.83. The zero-order valence-corrected chi connectivity index (χ0v) is 7.56. The van der Waals surface area contributed by atoms with Crippen LogP contribution in [0, 0.1) is 0 Å². The van der Waals surface area contributed by atoms with E-state index >= 15 is 0 Å². The second-order valence-electron chi connectivity index (χ2n) is 2.63. The average molecular weight is 191 g/mol. The number of nitrogens with zero attached hydrogens (tertiary/aromatic N) is 2. The van der Waals surface area contributed by atoms with Crippen LogP contribution in [0.15, 0.2) is 0 Å². The van der Waals surface area contributed by atoms with Gasteiger partial charge in [0, 0.05) is 0 Å². The van der Waals surface area contributed by atoms with E-state index in [1.807, 2.05) is 0 Å². The smallest absolute Gasteiger partial charge is 0.321 e. The minimum absolute atomic E-state index is 0.450. The van der Waals surface area contributed by atoms with Gasteiger partial charge in [0.1, 0.15) is 0 Å². The molecule has 1 heterocycles. The lowest BCUT2D eigenvalue weighted by Crippen LogP contribution is -2.50. The van der Waals surface area contributed by atoms with E-state index in [0.29, 0.717) is 5.81 Å². The molecule has 0 aromatic rings. The number of rotatable bonds is 0. The van der Waals surface area contributed by atoms with Crippen LogP contribution in [0.5, 0.6) is 0 Å². The normalized spacial score (nSPS) is 25.0. The highest BCUT2D eigenvalue weighted by Gasteiger charge is 2.25. The van der Waals surface area contributed by atoms with Gasteiger partial charge in [-0.1, -0.05) is 0 Å². The molecule has 0 aromatic heterocycles. The quantitative estimate of drug-likeness (QED) is 0.518. The fourth-order valence-corrected chi connectivity index (χ4v) is 1.53. The van der Waals surface area contributed by atoms with Crippen molar-refractivity contribution >= 4 is 21.6 Å². The van der Waals surface area contributed by atoms with Gasteiger partial charge in [-0.25, -0.2) is 0 Å². The maximum atomic E-state index is 3.57. The predicted molar refractivity (Wildman–Crippen MR) is 44.6 cm³/mol. The molecule has 1 aliphatic heterocycles. The summed E-state index contributed by atoms with van der Waals surface area (Å²) in [6, 6.07) is 0. The van der Waals surface area contributed by atoms with Crippen molar-refractivity contribution in [3.8, 4) is 0 Å². The third-order valence-corrected chi connectivity index (χ3v) is 3.15. The van der Waals surface area contributed by atoms with Gasteiger partial charge < -0.3 is 9.62 Å². The van der Waals surface area contributed by atoms with Crippen LogP contribution < -0.4 is 0 Å². The van der Waals surface area contributed by atoms with Crippen molar-refractivity contribution in [1.82, 2.24) is 9.62 Å². The summed E-state index contributed by atoms with van der Waals surface area (Å²) in [5.41, 5.74) is 0. The topological polar surface area (TPSA) is 6.48 Å². The van der Waals surface area contributed by atoms with E-state index in [-0.39, 0.29) is 0 Å². The molecule has 1 fully saturated rings. The maximum absolute atomic E-state index is 3.57. The van der Waals surface area contributed by atoms with E-state index in [0.717, 1.165) is 0 Å². The summed E-state index contributed by atoms with van der Waals surface area (Å²) in [6.07, 6.45) is 1.29. The fraction of sp³-hybridized carbons (Fsp3) is 1.00. The SMILES string of the molecule is CN1CCCN(C)B1Br. The molecular weight excluding hydrogens is 179 g/mol. The van der Waals surface area contributed by atoms with Crippen LogP contribution >= 0.6 is 15.8 Å². The van der Waals surface area contributed by atoms with E-state index in [9.17, 15) is 0 Å². The van der Waals surface area contributed by atoms with Crippen molar-refractivity contribution in [2.45, 2.75) is 6.42 Å². The van der Waals surface area contributed by atoms with Gasteiger partial charge in [-0.05, 0) is 33.6 Å². The minimum Gasteiger partial charge on any atom is -0.321 e. The Bertz CT molecular complexity index is 91.0. The molecule has 0 aromatic carbocycles. The molecule has 0 bridgehead atoms. The van der Waals surface area contributed by atoms with E-state index in [4.69, 9.17) is 0 Å². The Morgan fingerprint density at radius 1 is 1.22 bits per heavy atom.